The van der Waals surface area contributed by atoms with Gasteiger partial charge in [0.15, 0.2) is 0 Å². The monoisotopic (exact) mass is 373 g/mol. The van der Waals surface area contributed by atoms with E-state index < -0.39 is 0 Å². The zero-order chi connectivity index (χ0) is 19.3. The molecule has 0 aliphatic carbocycles. The molecule has 3 aromatic heterocycles. The van der Waals surface area contributed by atoms with Gasteiger partial charge in [0, 0.05) is 36.7 Å². The van der Waals surface area contributed by atoms with Crippen molar-refractivity contribution in [2.45, 2.75) is 19.4 Å². The van der Waals surface area contributed by atoms with Gasteiger partial charge in [0.25, 0.3) is 5.91 Å². The molecule has 1 aromatic carbocycles. The maximum absolute atomic E-state index is 12.6. The van der Waals surface area contributed by atoms with Gasteiger partial charge in [-0.25, -0.2) is 19.9 Å². The first kappa shape index (κ1) is 17.6. The normalized spacial score (nSPS) is 11.9. The summed E-state index contributed by atoms with van der Waals surface area (Å²) >= 11 is 0. The Morgan fingerprint density at radius 1 is 1.11 bits per heavy atom. The molecule has 0 bridgehead atoms. The minimum absolute atomic E-state index is 0.226. The Labute approximate surface area is 161 Å². The number of carbonyl (C=O) groups is 1. The Hall–Kier alpha value is -3.81. The molecule has 2 N–H and O–H groups in total. The smallest absolute Gasteiger partial charge is 0.254 e. The lowest BCUT2D eigenvalue weighted by molar-refractivity contribution is 0.0934. The van der Waals surface area contributed by atoms with Crippen LogP contribution in [0.25, 0.3) is 5.78 Å². The van der Waals surface area contributed by atoms with Crippen molar-refractivity contribution in [3.63, 3.8) is 0 Å². The van der Waals surface area contributed by atoms with Crippen molar-refractivity contribution in [1.82, 2.24) is 29.7 Å². The van der Waals surface area contributed by atoms with E-state index in [2.05, 4.69) is 30.6 Å². The second-order valence-corrected chi connectivity index (χ2v) is 6.21. The molecule has 0 saturated carbocycles. The second-order valence-electron chi connectivity index (χ2n) is 6.21. The molecule has 28 heavy (non-hydrogen) atoms. The number of amides is 1. The summed E-state index contributed by atoms with van der Waals surface area (Å²) < 4.78 is 1.83. The lowest BCUT2D eigenvalue weighted by atomic mass is 10.1. The third-order valence-electron chi connectivity index (χ3n) is 4.27. The maximum Gasteiger partial charge on any atom is 0.254 e. The zero-order valence-electron chi connectivity index (χ0n) is 15.3. The van der Waals surface area contributed by atoms with Gasteiger partial charge in [-0.2, -0.15) is 0 Å². The van der Waals surface area contributed by atoms with Crippen LogP contribution in [0.15, 0.2) is 67.4 Å². The van der Waals surface area contributed by atoms with E-state index >= 15 is 0 Å². The van der Waals surface area contributed by atoms with Crippen molar-refractivity contribution in [2.75, 3.05) is 5.32 Å². The molecular weight excluding hydrogens is 354 g/mol. The molecule has 0 aliphatic rings. The highest BCUT2D eigenvalue weighted by atomic mass is 16.1. The first-order chi connectivity index (χ1) is 13.7. The van der Waals surface area contributed by atoms with Crippen molar-refractivity contribution < 1.29 is 4.79 Å². The van der Waals surface area contributed by atoms with E-state index in [1.165, 1.54) is 12.4 Å². The van der Waals surface area contributed by atoms with Gasteiger partial charge in [-0.3, -0.25) is 9.20 Å². The molecule has 4 aromatic rings. The number of aromatic nitrogens is 5. The summed E-state index contributed by atoms with van der Waals surface area (Å²) in [6.45, 7) is 1.99. The van der Waals surface area contributed by atoms with E-state index in [9.17, 15) is 4.79 Å². The number of para-hydroxylation sites is 1. The maximum atomic E-state index is 12.6. The summed E-state index contributed by atoms with van der Waals surface area (Å²) in [6, 6.07) is 11.2. The largest absolute Gasteiger partial charge is 0.344 e. The number of nitrogens with one attached hydrogen (secondary N) is 2. The molecule has 0 aliphatic heterocycles. The van der Waals surface area contributed by atoms with Crippen molar-refractivity contribution >= 4 is 23.3 Å². The van der Waals surface area contributed by atoms with Crippen LogP contribution >= 0.6 is 0 Å². The highest BCUT2D eigenvalue weighted by Crippen LogP contribution is 2.17. The van der Waals surface area contributed by atoms with Gasteiger partial charge >= 0.3 is 0 Å². The second kappa shape index (κ2) is 7.83. The molecule has 140 valence electrons. The third kappa shape index (κ3) is 3.80. The van der Waals surface area contributed by atoms with Gasteiger partial charge in [-0.05, 0) is 24.6 Å². The van der Waals surface area contributed by atoms with Gasteiger partial charge in [0.2, 0.25) is 11.7 Å². The summed E-state index contributed by atoms with van der Waals surface area (Å²) in [6.07, 6.45) is 9.15. The highest BCUT2D eigenvalue weighted by molar-refractivity contribution is 5.93. The Morgan fingerprint density at radius 2 is 1.89 bits per heavy atom. The van der Waals surface area contributed by atoms with E-state index in [1.807, 2.05) is 60.1 Å². The van der Waals surface area contributed by atoms with Crippen LogP contribution in [0.1, 0.15) is 35.4 Å². The first-order valence-corrected chi connectivity index (χ1v) is 8.97. The van der Waals surface area contributed by atoms with Crippen LogP contribution < -0.4 is 10.6 Å². The number of hydrogen-bond acceptors (Lipinski definition) is 6. The molecule has 1 unspecified atom stereocenters. The minimum atomic E-state index is -0.247. The van der Waals surface area contributed by atoms with Crippen molar-refractivity contribution in [3.05, 3.63) is 78.6 Å². The highest BCUT2D eigenvalue weighted by Gasteiger charge is 2.18. The number of imidazole rings is 1. The van der Waals surface area contributed by atoms with Crippen molar-refractivity contribution in [3.8, 4) is 0 Å². The molecule has 8 nitrogen and oxygen atoms in total. The van der Waals surface area contributed by atoms with Crippen LogP contribution in [-0.2, 0) is 0 Å². The van der Waals surface area contributed by atoms with Crippen LogP contribution in [0.2, 0.25) is 0 Å². The van der Waals surface area contributed by atoms with Gasteiger partial charge in [-0.1, -0.05) is 25.1 Å². The number of anilines is 2. The van der Waals surface area contributed by atoms with E-state index in [1.54, 1.807) is 6.20 Å². The fourth-order valence-corrected chi connectivity index (χ4v) is 2.80. The Bertz CT molecular complexity index is 1040. The van der Waals surface area contributed by atoms with Crippen LogP contribution in [0, 0.1) is 0 Å². The lowest BCUT2D eigenvalue weighted by Crippen LogP contribution is -2.28. The van der Waals surface area contributed by atoms with E-state index in [0.29, 0.717) is 23.7 Å². The molecular formula is C20H19N7O. The standard InChI is InChI=1S/C20H19N7O/c1-2-16(17-13-27-10-6-9-21-20(27)26-17)25-18(28)14-11-22-19(23-12-14)24-15-7-4-3-5-8-15/h3-13,16H,2H2,1H3,(H,25,28)(H,22,23,24). The number of hydrogen-bond donors (Lipinski definition) is 2. The number of fused-ring (bicyclic) bond motifs is 1. The lowest BCUT2D eigenvalue weighted by Gasteiger charge is -2.14. The first-order valence-electron chi connectivity index (χ1n) is 8.97. The number of rotatable bonds is 6. The summed E-state index contributed by atoms with van der Waals surface area (Å²) in [5.41, 5.74) is 2.03. The summed E-state index contributed by atoms with van der Waals surface area (Å²) in [5, 5.41) is 6.08. The average molecular weight is 373 g/mol. The molecule has 1 amide bonds. The molecule has 0 spiro atoms. The minimum Gasteiger partial charge on any atom is -0.344 e. The summed E-state index contributed by atoms with van der Waals surface area (Å²) in [5.74, 6) is 0.786. The Morgan fingerprint density at radius 3 is 2.61 bits per heavy atom. The topological polar surface area (TPSA) is 97.1 Å². The molecule has 1 atom stereocenters. The average Bonchev–Trinajstić information content (AvgIpc) is 3.17. The quantitative estimate of drug-likeness (QED) is 0.539. The number of benzene rings is 1. The summed E-state index contributed by atoms with van der Waals surface area (Å²) in [4.78, 5) is 29.8. The van der Waals surface area contributed by atoms with E-state index in [-0.39, 0.29) is 11.9 Å². The van der Waals surface area contributed by atoms with Crippen molar-refractivity contribution in [2.24, 2.45) is 0 Å². The molecule has 0 radical (unpaired) electrons. The fourth-order valence-electron chi connectivity index (χ4n) is 2.80. The third-order valence-corrected chi connectivity index (χ3v) is 4.27. The SMILES string of the molecule is CCC(NC(=O)c1cnc(Nc2ccccc2)nc1)c1cn2cccnc2n1. The fraction of sp³-hybridized carbons (Fsp3) is 0.150. The molecule has 3 heterocycles. The van der Waals surface area contributed by atoms with E-state index in [0.717, 1.165) is 11.4 Å². The van der Waals surface area contributed by atoms with Crippen LogP contribution in [0.5, 0.6) is 0 Å². The molecule has 8 heteroatoms. The Balaban J connectivity index is 1.45. The van der Waals surface area contributed by atoms with Crippen LogP contribution in [-0.4, -0.2) is 30.2 Å². The van der Waals surface area contributed by atoms with Crippen LogP contribution in [0.4, 0.5) is 11.6 Å². The zero-order valence-corrected chi connectivity index (χ0v) is 15.3. The van der Waals surface area contributed by atoms with Gasteiger partial charge in [0.1, 0.15) is 0 Å². The van der Waals surface area contributed by atoms with Crippen molar-refractivity contribution in [1.29, 1.82) is 0 Å². The van der Waals surface area contributed by atoms with E-state index in [4.69, 9.17) is 0 Å². The molecule has 4 rings (SSSR count). The number of carbonyl (C=O) groups excluding carboxylic acids is 1. The predicted molar refractivity (Wildman–Crippen MR) is 105 cm³/mol. The molecule has 0 fully saturated rings. The predicted octanol–water partition coefficient (Wildman–Crippen LogP) is 3.14. The van der Waals surface area contributed by atoms with Gasteiger partial charge in [0.05, 0.1) is 17.3 Å². The Kier molecular flexibility index (Phi) is 4.92. The molecule has 0 saturated heterocycles. The van der Waals surface area contributed by atoms with Crippen LogP contribution in [0.3, 0.4) is 0 Å². The summed E-state index contributed by atoms with van der Waals surface area (Å²) in [7, 11) is 0. The van der Waals surface area contributed by atoms with Gasteiger partial charge < -0.3 is 10.6 Å². The van der Waals surface area contributed by atoms with Gasteiger partial charge in [-0.15, -0.1) is 0 Å². The number of nitrogens with zero attached hydrogens (tertiary/aromatic N) is 5.